The minimum absolute atomic E-state index is 0.0113. The number of thiophene rings is 1. The molecule has 30 heavy (non-hydrogen) atoms. The molecule has 1 aromatic carbocycles. The fraction of sp³-hybridized carbons (Fsp3) is 0.435. The van der Waals surface area contributed by atoms with Gasteiger partial charge in [0.15, 0.2) is 2.82 Å². The van der Waals surface area contributed by atoms with Gasteiger partial charge in [0, 0.05) is 63.6 Å². The Labute approximate surface area is 211 Å². The number of piperidine rings is 1. The summed E-state index contributed by atoms with van der Waals surface area (Å²) in [5.74, 6) is -5.59. The second-order valence-electron chi connectivity index (χ2n) is 6.02. The average Bonchev–Trinajstić information content (AvgIpc) is 3.32. The monoisotopic (exact) mass is 444 g/mol. The number of benzene rings is 1. The van der Waals surface area contributed by atoms with Crippen LogP contribution in [0.2, 0.25) is 2.82 Å². The number of fused-ring (bicyclic) bond motifs is 1. The first-order chi connectivity index (χ1) is 22.9. The molecule has 7 heteroatoms. The predicted octanol–water partition coefficient (Wildman–Crippen LogP) is 4.25. The van der Waals surface area contributed by atoms with Crippen LogP contribution in [0.4, 0.5) is 5.82 Å². The highest BCUT2D eigenvalue weighted by Gasteiger charge is 2.21. The maximum Gasteiger partial charge on any atom is 0.251 e. The number of aromatic nitrogens is 2. The molecule has 2 aromatic heterocycles. The number of rotatable bonds is 6. The normalized spacial score (nSPS) is 32.9. The van der Waals surface area contributed by atoms with Crippen LogP contribution in [0, 0.1) is 0 Å². The van der Waals surface area contributed by atoms with Gasteiger partial charge in [-0.15, -0.1) is 11.3 Å². The minimum atomic E-state index is -3.50. The summed E-state index contributed by atoms with van der Waals surface area (Å²) in [7, 11) is 0. The molecule has 1 unspecified atom stereocenters. The quantitative estimate of drug-likeness (QED) is 0.595. The molecule has 1 atom stereocenters. The van der Waals surface area contributed by atoms with E-state index in [1.165, 1.54) is 0 Å². The molecule has 1 saturated heterocycles. The Hall–Kier alpha value is -2.51. The average molecular weight is 445 g/mol. The van der Waals surface area contributed by atoms with Crippen LogP contribution in [0.15, 0.2) is 36.6 Å². The van der Waals surface area contributed by atoms with Crippen molar-refractivity contribution in [2.45, 2.75) is 44.9 Å². The van der Waals surface area contributed by atoms with Gasteiger partial charge in [-0.3, -0.25) is 9.69 Å². The molecule has 0 bridgehead atoms. The Bertz CT molecular complexity index is 1810. The van der Waals surface area contributed by atoms with Crippen molar-refractivity contribution < 1.29 is 33.7 Å². The number of nitrogens with one attached hydrogen (secondary N) is 2. The number of hydrogen-bond donors (Lipinski definition) is 2. The number of nitrogens with zero attached hydrogens (tertiary/aromatic N) is 3. The van der Waals surface area contributed by atoms with Crippen molar-refractivity contribution in [1.29, 1.82) is 0 Å². The maximum absolute atomic E-state index is 12.7. The molecule has 0 aliphatic carbocycles. The number of amides is 1. The molecule has 6 nitrogen and oxygen atoms in total. The number of likely N-dealkylation sites (tertiary alicyclic amines) is 1. The molecule has 3 heterocycles. The first-order valence-electron chi connectivity index (χ1n) is 19.0. The first-order valence-corrected chi connectivity index (χ1v) is 9.33. The molecule has 0 radical (unpaired) electrons. The lowest BCUT2D eigenvalue weighted by molar-refractivity contribution is 0.0963. The molecule has 0 spiro atoms. The Morgan fingerprint density at radius 1 is 1.53 bits per heavy atom. The zero-order chi connectivity index (χ0) is 39.2. The highest BCUT2D eigenvalue weighted by Crippen LogP contribution is 2.33. The summed E-state index contributed by atoms with van der Waals surface area (Å²) in [5.41, 5.74) is -1.08. The van der Waals surface area contributed by atoms with E-state index in [4.69, 9.17) is 28.9 Å². The van der Waals surface area contributed by atoms with E-state index in [9.17, 15) is 4.79 Å². The van der Waals surface area contributed by atoms with E-state index in [2.05, 4.69) is 9.97 Å². The summed E-state index contributed by atoms with van der Waals surface area (Å²) in [6.07, 6.45) is -5.46. The Kier molecular flexibility index (Phi) is 2.21. The lowest BCUT2D eigenvalue weighted by Gasteiger charge is -2.32. The van der Waals surface area contributed by atoms with E-state index in [0.717, 1.165) is 23.4 Å². The summed E-state index contributed by atoms with van der Waals surface area (Å²) in [4.78, 5) is 20.2. The molecular weight excluding hydrogens is 394 g/mol. The van der Waals surface area contributed by atoms with E-state index in [1.54, 1.807) is 0 Å². The van der Waals surface area contributed by atoms with Crippen LogP contribution in [0.25, 0.3) is 10.2 Å². The van der Waals surface area contributed by atoms with Gasteiger partial charge in [-0.25, -0.2) is 9.97 Å². The third-order valence-corrected chi connectivity index (χ3v) is 5.01. The summed E-state index contributed by atoms with van der Waals surface area (Å²) >= 11 is 0.333. The van der Waals surface area contributed by atoms with Gasteiger partial charge in [-0.05, 0) is 42.4 Å². The van der Waals surface area contributed by atoms with E-state index >= 15 is 0 Å². The van der Waals surface area contributed by atoms with Crippen molar-refractivity contribution in [2.24, 2.45) is 0 Å². The van der Waals surface area contributed by atoms with Gasteiger partial charge in [0.1, 0.15) is 17.0 Å². The Morgan fingerprint density at radius 2 is 2.40 bits per heavy atom. The number of carbonyl (C=O) groups is 1. The second kappa shape index (κ2) is 9.10. The summed E-state index contributed by atoms with van der Waals surface area (Å²) in [6.45, 7) is -14.0. The smallest absolute Gasteiger partial charge is 0.251 e. The van der Waals surface area contributed by atoms with Crippen molar-refractivity contribution in [3.8, 4) is 0 Å². The van der Waals surface area contributed by atoms with Crippen LogP contribution in [0.5, 0.6) is 0 Å². The highest BCUT2D eigenvalue weighted by molar-refractivity contribution is 7.18. The molecule has 1 aliphatic heterocycles. The fourth-order valence-corrected chi connectivity index (χ4v) is 3.41. The molecule has 2 N–H and O–H groups in total. The van der Waals surface area contributed by atoms with Crippen LogP contribution in [-0.4, -0.2) is 46.9 Å². The summed E-state index contributed by atoms with van der Waals surface area (Å²) in [6, 6.07) is -3.76. The largest absolute Gasteiger partial charge is 0.367 e. The standard InChI is InChI=1S/C23H29N5OS/c1-15(2)20-12-19-21(25-14-26-23(19)30-20)27-18-7-9-28(10-8-18)13-16-5-4-6-17(11-16)22(29)24-3/h4-6,11-12,14-15,18H,7-10,13H2,1-3H3,(H,24,29)(H,25,26,27)/i1D3,2D3,3D3,5D,6D,7D2,8D2,12D,13D,15D,18D/hD2. The molecule has 4 rings (SSSR count). The van der Waals surface area contributed by atoms with Gasteiger partial charge in [0.25, 0.3) is 5.91 Å². The lowest BCUT2D eigenvalue weighted by atomic mass is 10.0. The number of hydrogen-bond acceptors (Lipinski definition) is 6. The molecule has 158 valence electrons. The van der Waals surface area contributed by atoms with E-state index < -0.39 is 116 Å². The number of carbonyl (C=O) groups excluding carboxylic acids is 1. The van der Waals surface area contributed by atoms with E-state index in [1.807, 2.05) is 0 Å². The minimum Gasteiger partial charge on any atom is -0.367 e. The third-order valence-electron chi connectivity index (χ3n) is 3.99. The van der Waals surface area contributed by atoms with Crippen molar-refractivity contribution in [3.05, 3.63) is 52.6 Å². The van der Waals surface area contributed by atoms with Crippen LogP contribution in [0.1, 0.15) is 79.2 Å². The third kappa shape index (κ3) is 4.63. The van der Waals surface area contributed by atoms with Gasteiger partial charge >= 0.3 is 0 Å². The first kappa shape index (κ1) is 7.28. The van der Waals surface area contributed by atoms with Crippen LogP contribution in [-0.2, 0) is 6.52 Å². The lowest BCUT2D eigenvalue weighted by Crippen LogP contribution is -2.38. The van der Waals surface area contributed by atoms with Crippen molar-refractivity contribution in [1.82, 2.24) is 20.2 Å². The topological polar surface area (TPSA) is 70.1 Å². The maximum atomic E-state index is 12.7. The molecular formula is C23H29N5OS. The molecule has 0 saturated carbocycles. The van der Waals surface area contributed by atoms with E-state index in [-0.39, 0.29) is 15.5 Å². The zero-order valence-electron chi connectivity index (χ0n) is 36.3. The molecule has 3 aromatic rings. The SMILES string of the molecule is [2H]c1cc([2H])c(C([2H])N2CC([2H])([2H])C([2H])(N([2H])c3ncnc4sc(C([2H])(C([2H])([2H])[2H])C([2H])([2H])[2H])c([2H])c34)C([2H])([2H])C2)cc1C(=O)N([2H])C([2H])([2H])[2H]. The molecule has 1 fully saturated rings. The zero-order valence-corrected chi connectivity index (χ0v) is 16.1. The molecule has 1 amide bonds. The van der Waals surface area contributed by atoms with Crippen molar-refractivity contribution >= 4 is 33.3 Å². The van der Waals surface area contributed by atoms with Crippen LogP contribution < -0.4 is 10.6 Å². The second-order valence-corrected chi connectivity index (χ2v) is 7.02. The summed E-state index contributed by atoms with van der Waals surface area (Å²) in [5, 5.41) is -0.901. The fourth-order valence-electron chi connectivity index (χ4n) is 2.62. The Balaban J connectivity index is 1.79. The highest BCUT2D eigenvalue weighted by atomic mass is 32.1. The van der Waals surface area contributed by atoms with E-state index in [0.29, 0.717) is 11.3 Å². The number of anilines is 1. The van der Waals surface area contributed by atoms with Gasteiger partial charge in [-0.2, -0.15) is 0 Å². The summed E-state index contributed by atoms with van der Waals surface area (Å²) < 4.78 is 172. The van der Waals surface area contributed by atoms with Crippen molar-refractivity contribution in [3.63, 3.8) is 0 Å². The van der Waals surface area contributed by atoms with Crippen molar-refractivity contribution in [2.75, 3.05) is 25.4 Å². The van der Waals surface area contributed by atoms with Gasteiger partial charge in [-0.1, -0.05) is 25.8 Å². The van der Waals surface area contributed by atoms with Gasteiger partial charge in [0.05, 0.1) is 10.9 Å². The predicted molar refractivity (Wildman–Crippen MR) is 123 cm³/mol. The van der Waals surface area contributed by atoms with Crippen LogP contribution in [0.3, 0.4) is 0 Å². The molecule has 1 aliphatic rings. The van der Waals surface area contributed by atoms with Gasteiger partial charge in [0.2, 0.25) is 0 Å². The Morgan fingerprint density at radius 3 is 3.20 bits per heavy atom. The van der Waals surface area contributed by atoms with Crippen LogP contribution >= 0.6 is 11.3 Å². The van der Waals surface area contributed by atoms with Gasteiger partial charge < -0.3 is 10.6 Å².